The number of rotatable bonds is 3. The van der Waals surface area contributed by atoms with Gasteiger partial charge in [0.1, 0.15) is 6.04 Å². The Hall–Kier alpha value is -1.84. The summed E-state index contributed by atoms with van der Waals surface area (Å²) in [4.78, 5) is 24.4. The van der Waals surface area contributed by atoms with Crippen molar-refractivity contribution in [3.05, 3.63) is 35.4 Å². The van der Waals surface area contributed by atoms with E-state index in [-0.39, 0.29) is 0 Å². The SMILES string of the molecule is CCN1C(=O)OC(=O)C1Cc1ccc(C)cc1. The normalized spacial score (nSPS) is 19.6. The third-order valence-electron chi connectivity index (χ3n) is 2.96. The third kappa shape index (κ3) is 2.30. The molecule has 17 heavy (non-hydrogen) atoms. The van der Waals surface area contributed by atoms with Gasteiger partial charge in [-0.3, -0.25) is 4.90 Å². The minimum absolute atomic E-state index is 0.447. The quantitative estimate of drug-likeness (QED) is 0.591. The Balaban J connectivity index is 2.14. The van der Waals surface area contributed by atoms with Gasteiger partial charge in [0.15, 0.2) is 0 Å². The van der Waals surface area contributed by atoms with Crippen LogP contribution < -0.4 is 0 Å². The molecule has 1 aliphatic heterocycles. The summed E-state index contributed by atoms with van der Waals surface area (Å²) in [6.07, 6.45) is -0.0202. The van der Waals surface area contributed by atoms with Gasteiger partial charge in [-0.1, -0.05) is 29.8 Å². The first-order valence-electron chi connectivity index (χ1n) is 5.69. The number of ether oxygens (including phenoxy) is 1. The van der Waals surface area contributed by atoms with Gasteiger partial charge in [0.25, 0.3) is 0 Å². The molecule has 0 saturated carbocycles. The first-order chi connectivity index (χ1) is 8.11. The molecule has 4 heteroatoms. The van der Waals surface area contributed by atoms with Gasteiger partial charge in [-0.15, -0.1) is 0 Å². The highest BCUT2D eigenvalue weighted by atomic mass is 16.6. The molecule has 1 amide bonds. The number of cyclic esters (lactones) is 2. The second-order valence-electron chi connectivity index (χ2n) is 4.18. The molecule has 1 atom stereocenters. The Bertz CT molecular complexity index is 438. The van der Waals surface area contributed by atoms with Gasteiger partial charge in [0.2, 0.25) is 0 Å². The smallest absolute Gasteiger partial charge is 0.375 e. The average Bonchev–Trinajstić information content (AvgIpc) is 2.57. The van der Waals surface area contributed by atoms with Crippen LogP contribution >= 0.6 is 0 Å². The number of hydrogen-bond acceptors (Lipinski definition) is 3. The molecule has 0 N–H and O–H groups in total. The second-order valence-corrected chi connectivity index (χ2v) is 4.18. The number of carbonyl (C=O) groups is 2. The number of benzene rings is 1. The number of hydrogen-bond donors (Lipinski definition) is 0. The maximum atomic E-state index is 11.5. The molecule has 90 valence electrons. The minimum Gasteiger partial charge on any atom is -0.375 e. The molecule has 1 aromatic rings. The maximum Gasteiger partial charge on any atom is 0.418 e. The Labute approximate surface area is 100 Å². The molecule has 1 aromatic carbocycles. The minimum atomic E-state index is -0.533. The van der Waals surface area contributed by atoms with E-state index in [1.54, 1.807) is 0 Å². The van der Waals surface area contributed by atoms with Crippen LogP contribution in [-0.2, 0) is 16.0 Å². The Morgan fingerprint density at radius 3 is 2.47 bits per heavy atom. The second kappa shape index (κ2) is 4.57. The lowest BCUT2D eigenvalue weighted by atomic mass is 10.0. The predicted octanol–water partition coefficient (Wildman–Crippen LogP) is 1.90. The molecule has 0 bridgehead atoms. The van der Waals surface area contributed by atoms with Crippen LogP contribution in [0.2, 0.25) is 0 Å². The molecule has 4 nitrogen and oxygen atoms in total. The van der Waals surface area contributed by atoms with E-state index < -0.39 is 18.1 Å². The summed E-state index contributed by atoms with van der Waals surface area (Å²) in [6.45, 7) is 4.33. The summed E-state index contributed by atoms with van der Waals surface area (Å²) >= 11 is 0. The van der Waals surface area contributed by atoms with E-state index in [2.05, 4.69) is 4.74 Å². The van der Waals surface area contributed by atoms with Crippen LogP contribution in [0.3, 0.4) is 0 Å². The lowest BCUT2D eigenvalue weighted by Gasteiger charge is -2.17. The van der Waals surface area contributed by atoms with Gasteiger partial charge in [0, 0.05) is 13.0 Å². The lowest BCUT2D eigenvalue weighted by molar-refractivity contribution is -0.135. The van der Waals surface area contributed by atoms with Crippen molar-refractivity contribution >= 4 is 12.1 Å². The summed E-state index contributed by atoms with van der Waals surface area (Å²) in [5, 5.41) is 0. The van der Waals surface area contributed by atoms with Gasteiger partial charge < -0.3 is 4.74 Å². The van der Waals surface area contributed by atoms with E-state index in [1.807, 2.05) is 38.1 Å². The van der Waals surface area contributed by atoms with Crippen LogP contribution in [0, 0.1) is 6.92 Å². The summed E-state index contributed by atoms with van der Waals surface area (Å²) in [5.74, 6) is -0.447. The molecule has 1 saturated heterocycles. The standard InChI is InChI=1S/C13H15NO3/c1-3-14-11(12(15)17-13(14)16)8-10-6-4-9(2)5-7-10/h4-7,11H,3,8H2,1-2H3. The molecular weight excluding hydrogens is 218 g/mol. The van der Waals surface area contributed by atoms with E-state index in [4.69, 9.17) is 0 Å². The van der Waals surface area contributed by atoms with Crippen LogP contribution in [-0.4, -0.2) is 29.5 Å². The number of esters is 1. The van der Waals surface area contributed by atoms with Gasteiger partial charge in [0.05, 0.1) is 0 Å². The highest BCUT2D eigenvalue weighted by Gasteiger charge is 2.39. The summed E-state index contributed by atoms with van der Waals surface area (Å²) in [5.41, 5.74) is 2.21. The molecule has 0 aromatic heterocycles. The van der Waals surface area contributed by atoms with E-state index in [0.717, 1.165) is 5.56 Å². The van der Waals surface area contributed by atoms with Crippen LogP contribution in [0.15, 0.2) is 24.3 Å². The Morgan fingerprint density at radius 2 is 1.88 bits per heavy atom. The van der Waals surface area contributed by atoms with Crippen LogP contribution in [0.4, 0.5) is 4.79 Å². The molecule has 1 heterocycles. The first kappa shape index (κ1) is 11.6. The van der Waals surface area contributed by atoms with Crippen molar-refractivity contribution in [1.29, 1.82) is 0 Å². The fourth-order valence-electron chi connectivity index (χ4n) is 1.96. The number of aryl methyl sites for hydroxylation is 1. The average molecular weight is 233 g/mol. The van der Waals surface area contributed by atoms with Crippen molar-refractivity contribution in [3.63, 3.8) is 0 Å². The fraction of sp³-hybridized carbons (Fsp3) is 0.385. The molecule has 1 aliphatic rings. The highest BCUT2D eigenvalue weighted by Crippen LogP contribution is 2.18. The molecule has 0 aliphatic carbocycles. The van der Waals surface area contributed by atoms with Crippen LogP contribution in [0.5, 0.6) is 0 Å². The molecule has 0 spiro atoms. The van der Waals surface area contributed by atoms with E-state index in [1.165, 1.54) is 10.5 Å². The van der Waals surface area contributed by atoms with Gasteiger partial charge in [-0.2, -0.15) is 0 Å². The summed E-state index contributed by atoms with van der Waals surface area (Å²) < 4.78 is 4.62. The zero-order valence-electron chi connectivity index (χ0n) is 9.97. The first-order valence-corrected chi connectivity index (χ1v) is 5.69. The molecule has 0 radical (unpaired) electrons. The Morgan fingerprint density at radius 1 is 1.24 bits per heavy atom. The largest absolute Gasteiger partial charge is 0.418 e. The monoisotopic (exact) mass is 233 g/mol. The van der Waals surface area contributed by atoms with Crippen molar-refractivity contribution in [2.24, 2.45) is 0 Å². The zero-order chi connectivity index (χ0) is 12.4. The fourth-order valence-corrected chi connectivity index (χ4v) is 1.96. The molecular formula is C13H15NO3. The maximum absolute atomic E-state index is 11.5. The number of nitrogens with zero attached hydrogens (tertiary/aromatic N) is 1. The predicted molar refractivity (Wildman–Crippen MR) is 62.5 cm³/mol. The number of carbonyl (C=O) groups excluding carboxylic acids is 2. The number of amides is 1. The zero-order valence-corrected chi connectivity index (χ0v) is 9.97. The Kier molecular flexibility index (Phi) is 3.13. The van der Waals surface area contributed by atoms with Gasteiger partial charge in [-0.25, -0.2) is 9.59 Å². The van der Waals surface area contributed by atoms with E-state index in [9.17, 15) is 9.59 Å². The lowest BCUT2D eigenvalue weighted by Crippen LogP contribution is -2.36. The molecule has 1 unspecified atom stereocenters. The topological polar surface area (TPSA) is 46.6 Å². The van der Waals surface area contributed by atoms with E-state index in [0.29, 0.717) is 13.0 Å². The van der Waals surface area contributed by atoms with E-state index >= 15 is 0 Å². The highest BCUT2D eigenvalue weighted by molar-refractivity contribution is 5.95. The van der Waals surface area contributed by atoms with Crippen LogP contribution in [0.25, 0.3) is 0 Å². The molecule has 2 rings (SSSR count). The number of likely N-dealkylation sites (N-methyl/N-ethyl adjacent to an activating group) is 1. The van der Waals surface area contributed by atoms with Crippen molar-refractivity contribution in [3.8, 4) is 0 Å². The van der Waals surface area contributed by atoms with Crippen LogP contribution in [0.1, 0.15) is 18.1 Å². The van der Waals surface area contributed by atoms with Crippen molar-refractivity contribution in [1.82, 2.24) is 4.90 Å². The summed E-state index contributed by atoms with van der Waals surface area (Å²) in [7, 11) is 0. The third-order valence-corrected chi connectivity index (χ3v) is 2.96. The van der Waals surface area contributed by atoms with Crippen molar-refractivity contribution in [2.45, 2.75) is 26.3 Å². The van der Waals surface area contributed by atoms with Crippen molar-refractivity contribution < 1.29 is 14.3 Å². The van der Waals surface area contributed by atoms with Gasteiger partial charge in [-0.05, 0) is 19.4 Å². The van der Waals surface area contributed by atoms with Gasteiger partial charge >= 0.3 is 12.1 Å². The molecule has 1 fully saturated rings. The summed E-state index contributed by atoms with van der Waals surface area (Å²) in [6, 6.07) is 7.45. The van der Waals surface area contributed by atoms with Crippen molar-refractivity contribution in [2.75, 3.05) is 6.54 Å².